The van der Waals surface area contributed by atoms with Crippen molar-refractivity contribution in [2.75, 3.05) is 13.6 Å². The fourth-order valence-corrected chi connectivity index (χ4v) is 4.14. The van der Waals surface area contributed by atoms with Crippen molar-refractivity contribution in [1.29, 1.82) is 5.26 Å². The lowest BCUT2D eigenvalue weighted by atomic mass is 9.99. The Balaban J connectivity index is 1.85. The Bertz CT molecular complexity index is 1230. The Morgan fingerprint density at radius 3 is 2.77 bits per heavy atom. The van der Waals surface area contributed by atoms with E-state index in [9.17, 15) is 4.79 Å². The number of carbonyl (C=O) groups excluding carboxylic acids is 1. The highest BCUT2D eigenvalue weighted by atomic mass is 35.5. The zero-order valence-corrected chi connectivity index (χ0v) is 18.0. The number of hydrogen-bond acceptors (Lipinski definition) is 3. The van der Waals surface area contributed by atoms with Crippen LogP contribution in [0, 0.1) is 11.3 Å². The Labute approximate surface area is 185 Å². The van der Waals surface area contributed by atoms with E-state index >= 15 is 0 Å². The van der Waals surface area contributed by atoms with Gasteiger partial charge in [0, 0.05) is 19.0 Å². The minimum absolute atomic E-state index is 0.0733. The van der Waals surface area contributed by atoms with Crippen LogP contribution >= 0.6 is 23.2 Å². The van der Waals surface area contributed by atoms with Crippen LogP contribution < -0.4 is 0 Å². The molecule has 3 aromatic rings. The van der Waals surface area contributed by atoms with Gasteiger partial charge in [-0.25, -0.2) is 4.98 Å². The van der Waals surface area contributed by atoms with Crippen LogP contribution in [0.2, 0.25) is 10.0 Å². The van der Waals surface area contributed by atoms with Gasteiger partial charge in [0.05, 0.1) is 39.3 Å². The number of amides is 1. The van der Waals surface area contributed by atoms with Crippen LogP contribution in [0.25, 0.3) is 22.6 Å². The molecule has 30 heavy (non-hydrogen) atoms. The van der Waals surface area contributed by atoms with E-state index in [-0.39, 0.29) is 5.91 Å². The summed E-state index contributed by atoms with van der Waals surface area (Å²) in [7, 11) is 1.74. The van der Waals surface area contributed by atoms with Crippen molar-refractivity contribution in [3.05, 3.63) is 74.9 Å². The molecular weight excluding hydrogens is 417 g/mol. The summed E-state index contributed by atoms with van der Waals surface area (Å²) in [6.07, 6.45) is 3.90. The number of rotatable bonds is 4. The molecule has 1 aromatic heterocycles. The summed E-state index contributed by atoms with van der Waals surface area (Å²) in [4.78, 5) is 19.8. The molecule has 1 aliphatic carbocycles. The van der Waals surface area contributed by atoms with Crippen molar-refractivity contribution in [3.63, 3.8) is 0 Å². The molecule has 1 aliphatic rings. The lowest BCUT2D eigenvalue weighted by Crippen LogP contribution is -2.28. The normalized spacial score (nSPS) is 14.0. The van der Waals surface area contributed by atoms with Gasteiger partial charge in [0.25, 0.3) is 5.91 Å². The molecule has 0 saturated carbocycles. The van der Waals surface area contributed by atoms with E-state index in [4.69, 9.17) is 33.4 Å². The lowest BCUT2D eigenvalue weighted by molar-refractivity contribution is 0.0799. The van der Waals surface area contributed by atoms with Crippen LogP contribution in [-0.2, 0) is 6.42 Å². The second-order valence-corrected chi connectivity index (χ2v) is 8.12. The average Bonchev–Trinajstić information content (AvgIpc) is 3.14. The van der Waals surface area contributed by atoms with Gasteiger partial charge in [0.1, 0.15) is 0 Å². The third-order valence-electron chi connectivity index (χ3n) is 5.35. The zero-order chi connectivity index (χ0) is 21.3. The monoisotopic (exact) mass is 435 g/mol. The summed E-state index contributed by atoms with van der Waals surface area (Å²) >= 11 is 12.2. The fourth-order valence-electron chi connectivity index (χ4n) is 3.84. The number of halogens is 2. The maximum absolute atomic E-state index is 13.3. The Morgan fingerprint density at radius 1 is 1.20 bits per heavy atom. The number of benzene rings is 2. The summed E-state index contributed by atoms with van der Waals surface area (Å²) in [5.41, 5.74) is 5.32. The first kappa shape index (κ1) is 20.4. The molecule has 0 radical (unpaired) electrons. The number of aromatic nitrogens is 1. The maximum atomic E-state index is 13.3. The van der Waals surface area contributed by atoms with E-state index in [1.807, 2.05) is 36.4 Å². The van der Waals surface area contributed by atoms with Gasteiger partial charge in [-0.3, -0.25) is 4.79 Å². The predicted molar refractivity (Wildman–Crippen MR) is 122 cm³/mol. The third-order valence-corrected chi connectivity index (χ3v) is 6.08. The highest BCUT2D eigenvalue weighted by Crippen LogP contribution is 2.38. The van der Waals surface area contributed by atoms with Gasteiger partial charge in [0.15, 0.2) is 0 Å². The van der Waals surface area contributed by atoms with Crippen molar-refractivity contribution >= 4 is 51.7 Å². The van der Waals surface area contributed by atoms with Crippen molar-refractivity contribution in [2.24, 2.45) is 0 Å². The van der Waals surface area contributed by atoms with Gasteiger partial charge in [-0.05, 0) is 53.8 Å². The number of nitrogens with zero attached hydrogens (tertiary/aromatic N) is 3. The number of nitriles is 1. The van der Waals surface area contributed by atoms with Crippen LogP contribution in [0.15, 0.2) is 42.5 Å². The Kier molecular flexibility index (Phi) is 5.76. The molecule has 4 rings (SSSR count). The third kappa shape index (κ3) is 3.79. The van der Waals surface area contributed by atoms with Crippen molar-refractivity contribution < 1.29 is 4.79 Å². The van der Waals surface area contributed by atoms with Crippen molar-refractivity contribution in [3.8, 4) is 6.07 Å². The number of carbonyl (C=O) groups is 1. The first-order valence-electron chi connectivity index (χ1n) is 9.69. The van der Waals surface area contributed by atoms with E-state index in [1.54, 1.807) is 18.0 Å². The van der Waals surface area contributed by atoms with Gasteiger partial charge >= 0.3 is 0 Å². The lowest BCUT2D eigenvalue weighted by Gasteiger charge is -2.19. The number of pyridine rings is 1. The quantitative estimate of drug-likeness (QED) is 0.503. The molecule has 2 aromatic carbocycles. The number of allylic oxidation sites excluding steroid dienone is 1. The van der Waals surface area contributed by atoms with Crippen LogP contribution in [-0.4, -0.2) is 29.4 Å². The molecule has 0 bridgehead atoms. The molecule has 1 heterocycles. The average molecular weight is 436 g/mol. The van der Waals surface area contributed by atoms with E-state index in [1.165, 1.54) is 0 Å². The minimum atomic E-state index is -0.0733. The van der Waals surface area contributed by atoms with Gasteiger partial charge in [-0.2, -0.15) is 5.26 Å². The first-order chi connectivity index (χ1) is 14.5. The summed E-state index contributed by atoms with van der Waals surface area (Å²) in [5, 5.41) is 10.8. The minimum Gasteiger partial charge on any atom is -0.341 e. The molecule has 0 aliphatic heterocycles. The number of fused-ring (bicyclic) bond motifs is 2. The highest BCUT2D eigenvalue weighted by molar-refractivity contribution is 6.42. The van der Waals surface area contributed by atoms with Crippen LogP contribution in [0.3, 0.4) is 0 Å². The highest BCUT2D eigenvalue weighted by Gasteiger charge is 2.28. The SMILES string of the molecule is CN(CCC#N)C(=O)c1c2c(nc3ccccc13)/C(=C\c1ccc(Cl)c(Cl)c1)CC2. The molecule has 0 fully saturated rings. The molecule has 0 atom stereocenters. The van der Waals surface area contributed by atoms with E-state index < -0.39 is 0 Å². The first-order valence-corrected chi connectivity index (χ1v) is 10.4. The van der Waals surface area contributed by atoms with Gasteiger partial charge in [-0.1, -0.05) is 47.5 Å². The number of para-hydroxylation sites is 1. The van der Waals surface area contributed by atoms with E-state index in [0.717, 1.165) is 46.1 Å². The zero-order valence-electron chi connectivity index (χ0n) is 16.5. The van der Waals surface area contributed by atoms with E-state index in [2.05, 4.69) is 12.1 Å². The predicted octanol–water partition coefficient (Wildman–Crippen LogP) is 6.01. The van der Waals surface area contributed by atoms with Gasteiger partial charge < -0.3 is 4.90 Å². The standard InChI is InChI=1S/C24H19Cl2N3O/c1-29(12-4-11-27)24(30)22-17-5-2-3-6-21(17)28-23-16(8-9-18(22)23)13-15-7-10-19(25)20(26)14-15/h2-3,5-7,10,13-14H,4,8-9,12H2,1H3/b16-13-. The molecule has 0 unspecified atom stereocenters. The molecule has 0 N–H and O–H groups in total. The molecule has 150 valence electrons. The molecule has 4 nitrogen and oxygen atoms in total. The van der Waals surface area contributed by atoms with Crippen LogP contribution in [0.4, 0.5) is 0 Å². The molecular formula is C24H19Cl2N3O. The molecule has 0 saturated heterocycles. The number of hydrogen-bond donors (Lipinski definition) is 0. The second kappa shape index (κ2) is 8.47. The van der Waals surface area contributed by atoms with Crippen molar-refractivity contribution in [1.82, 2.24) is 9.88 Å². The topological polar surface area (TPSA) is 57.0 Å². The van der Waals surface area contributed by atoms with Crippen molar-refractivity contribution in [2.45, 2.75) is 19.3 Å². The summed E-state index contributed by atoms with van der Waals surface area (Å²) in [5.74, 6) is -0.0733. The largest absolute Gasteiger partial charge is 0.341 e. The van der Waals surface area contributed by atoms with Crippen LogP contribution in [0.5, 0.6) is 0 Å². The second-order valence-electron chi connectivity index (χ2n) is 7.31. The molecule has 6 heteroatoms. The fraction of sp³-hybridized carbons (Fsp3) is 0.208. The summed E-state index contributed by atoms with van der Waals surface area (Å²) < 4.78 is 0. The smallest absolute Gasteiger partial charge is 0.254 e. The maximum Gasteiger partial charge on any atom is 0.254 e. The Morgan fingerprint density at radius 2 is 2.00 bits per heavy atom. The van der Waals surface area contributed by atoms with E-state index in [0.29, 0.717) is 28.6 Å². The molecule has 1 amide bonds. The van der Waals surface area contributed by atoms with Crippen LogP contribution in [0.1, 0.15) is 40.0 Å². The van der Waals surface area contributed by atoms with Gasteiger partial charge in [0.2, 0.25) is 0 Å². The van der Waals surface area contributed by atoms with Gasteiger partial charge in [-0.15, -0.1) is 0 Å². The Hall–Kier alpha value is -2.87. The summed E-state index contributed by atoms with van der Waals surface area (Å²) in [6.45, 7) is 0.396. The molecule has 0 spiro atoms. The summed E-state index contributed by atoms with van der Waals surface area (Å²) in [6, 6.07) is 15.3.